The molecule has 3 N–H and O–H groups in total. The largest absolute Gasteiger partial charge is 0.398 e. The highest BCUT2D eigenvalue weighted by Gasteiger charge is 2.23. The summed E-state index contributed by atoms with van der Waals surface area (Å²) in [6.07, 6.45) is 0. The molecule has 102 valence electrons. The van der Waals surface area contributed by atoms with Gasteiger partial charge in [-0.05, 0) is 43.9 Å². The summed E-state index contributed by atoms with van der Waals surface area (Å²) in [5.74, 6) is 0.237. The van der Waals surface area contributed by atoms with E-state index in [4.69, 9.17) is 5.73 Å². The minimum absolute atomic E-state index is 0.116. The Morgan fingerprint density at radius 3 is 2.22 bits per heavy atom. The molecule has 18 heavy (non-hydrogen) atoms. The third-order valence-electron chi connectivity index (χ3n) is 3.25. The Kier molecular flexibility index (Phi) is 4.40. The topological polar surface area (TPSA) is 72.2 Å². The minimum Gasteiger partial charge on any atom is -0.398 e. The van der Waals surface area contributed by atoms with E-state index >= 15 is 0 Å². The van der Waals surface area contributed by atoms with Gasteiger partial charge in [-0.2, -0.15) is 0 Å². The second-order valence-electron chi connectivity index (χ2n) is 5.08. The van der Waals surface area contributed by atoms with Crippen LogP contribution in [-0.4, -0.2) is 14.5 Å². The fourth-order valence-electron chi connectivity index (χ4n) is 1.70. The molecule has 1 aromatic carbocycles. The lowest BCUT2D eigenvalue weighted by molar-refractivity contribution is 0.476. The predicted octanol–water partition coefficient (Wildman–Crippen LogP) is 2.21. The van der Waals surface area contributed by atoms with Crippen molar-refractivity contribution >= 4 is 15.7 Å². The molecule has 0 aliphatic heterocycles. The maximum atomic E-state index is 12.4. The van der Waals surface area contributed by atoms with Gasteiger partial charge in [0.15, 0.2) is 0 Å². The number of aryl methyl sites for hydroxylation is 1. The molecule has 0 heterocycles. The Balaban J connectivity index is 3.25. The van der Waals surface area contributed by atoms with Crippen LogP contribution in [0.5, 0.6) is 0 Å². The average Bonchev–Trinajstić information content (AvgIpc) is 2.23. The van der Waals surface area contributed by atoms with E-state index in [1.807, 2.05) is 20.8 Å². The van der Waals surface area contributed by atoms with Gasteiger partial charge in [0, 0.05) is 11.7 Å². The number of rotatable bonds is 4. The number of nitrogen functional groups attached to an aromatic ring is 1. The van der Waals surface area contributed by atoms with Crippen molar-refractivity contribution in [1.82, 2.24) is 4.72 Å². The summed E-state index contributed by atoms with van der Waals surface area (Å²) in [5.41, 5.74) is 7.61. The van der Waals surface area contributed by atoms with Gasteiger partial charge in [0.25, 0.3) is 0 Å². The molecular formula is C13H22N2O2S. The van der Waals surface area contributed by atoms with Crippen LogP contribution in [0.25, 0.3) is 0 Å². The standard InChI is InChI=1S/C13H22N2O2S/c1-8(2)11(5)15-18(16,17)13-9(3)6-7-12(14)10(13)4/h6-8,11,15H,14H2,1-5H3. The average molecular weight is 270 g/mol. The molecule has 0 saturated carbocycles. The third kappa shape index (κ3) is 3.03. The molecule has 0 fully saturated rings. The Morgan fingerprint density at radius 2 is 1.72 bits per heavy atom. The van der Waals surface area contributed by atoms with Gasteiger partial charge in [0.2, 0.25) is 10.0 Å². The summed E-state index contributed by atoms with van der Waals surface area (Å²) < 4.78 is 27.4. The molecule has 0 amide bonds. The van der Waals surface area contributed by atoms with Crippen LogP contribution in [0.2, 0.25) is 0 Å². The van der Waals surface area contributed by atoms with Crippen LogP contribution in [0.1, 0.15) is 31.9 Å². The molecule has 1 aromatic rings. The van der Waals surface area contributed by atoms with Gasteiger partial charge in [0.1, 0.15) is 0 Å². The summed E-state index contributed by atoms with van der Waals surface area (Å²) >= 11 is 0. The van der Waals surface area contributed by atoms with Crippen LogP contribution >= 0.6 is 0 Å². The van der Waals surface area contributed by atoms with E-state index in [2.05, 4.69) is 4.72 Å². The Labute approximate surface area is 110 Å². The zero-order valence-electron chi connectivity index (χ0n) is 11.6. The quantitative estimate of drug-likeness (QED) is 0.824. The maximum absolute atomic E-state index is 12.4. The SMILES string of the molecule is Cc1ccc(N)c(C)c1S(=O)(=O)NC(C)C(C)C. The first-order valence-electron chi connectivity index (χ1n) is 6.04. The van der Waals surface area contributed by atoms with Crippen molar-refractivity contribution in [1.29, 1.82) is 0 Å². The van der Waals surface area contributed by atoms with Gasteiger partial charge < -0.3 is 5.73 Å². The van der Waals surface area contributed by atoms with E-state index in [0.29, 0.717) is 21.7 Å². The lowest BCUT2D eigenvalue weighted by atomic mass is 10.1. The smallest absolute Gasteiger partial charge is 0.241 e. The van der Waals surface area contributed by atoms with Crippen LogP contribution in [0, 0.1) is 19.8 Å². The lowest BCUT2D eigenvalue weighted by Crippen LogP contribution is -2.36. The third-order valence-corrected chi connectivity index (χ3v) is 5.10. The predicted molar refractivity (Wildman–Crippen MR) is 74.9 cm³/mol. The minimum atomic E-state index is -3.52. The van der Waals surface area contributed by atoms with Crippen molar-refractivity contribution in [3.8, 4) is 0 Å². The van der Waals surface area contributed by atoms with E-state index in [0.717, 1.165) is 0 Å². The molecule has 0 aliphatic rings. The van der Waals surface area contributed by atoms with Gasteiger partial charge in [-0.1, -0.05) is 19.9 Å². The zero-order chi connectivity index (χ0) is 14.1. The Morgan fingerprint density at radius 1 is 1.17 bits per heavy atom. The summed E-state index contributed by atoms with van der Waals surface area (Å²) in [4.78, 5) is 0.301. The first-order valence-corrected chi connectivity index (χ1v) is 7.53. The number of anilines is 1. The molecule has 1 unspecified atom stereocenters. The molecule has 0 bridgehead atoms. The van der Waals surface area contributed by atoms with Crippen molar-refractivity contribution < 1.29 is 8.42 Å². The first-order chi connectivity index (χ1) is 8.16. The number of nitrogens with two attached hydrogens (primary N) is 1. The number of sulfonamides is 1. The van der Waals surface area contributed by atoms with Gasteiger partial charge in [-0.3, -0.25) is 0 Å². The van der Waals surface area contributed by atoms with Crippen LogP contribution in [0.15, 0.2) is 17.0 Å². The van der Waals surface area contributed by atoms with Crippen LogP contribution in [0.4, 0.5) is 5.69 Å². The van der Waals surface area contributed by atoms with E-state index in [1.165, 1.54) is 0 Å². The number of nitrogens with one attached hydrogen (secondary N) is 1. The molecule has 5 heteroatoms. The molecule has 0 spiro atoms. The highest BCUT2D eigenvalue weighted by atomic mass is 32.2. The highest BCUT2D eigenvalue weighted by molar-refractivity contribution is 7.89. The van der Waals surface area contributed by atoms with Crippen molar-refractivity contribution in [2.24, 2.45) is 5.92 Å². The monoisotopic (exact) mass is 270 g/mol. The molecule has 1 rings (SSSR count). The van der Waals surface area contributed by atoms with Crippen molar-refractivity contribution in [2.75, 3.05) is 5.73 Å². The van der Waals surface area contributed by atoms with E-state index < -0.39 is 10.0 Å². The second kappa shape index (κ2) is 5.28. The number of hydrogen-bond donors (Lipinski definition) is 2. The molecule has 0 aliphatic carbocycles. The van der Waals surface area contributed by atoms with Crippen LogP contribution < -0.4 is 10.5 Å². The first kappa shape index (κ1) is 15.0. The van der Waals surface area contributed by atoms with Crippen LogP contribution in [-0.2, 0) is 10.0 Å². The summed E-state index contributed by atoms with van der Waals surface area (Å²) in [6, 6.07) is 3.35. The maximum Gasteiger partial charge on any atom is 0.241 e. The van der Waals surface area contributed by atoms with E-state index in [9.17, 15) is 8.42 Å². The Bertz CT molecular complexity index is 536. The van der Waals surface area contributed by atoms with Crippen molar-refractivity contribution in [2.45, 2.75) is 45.6 Å². The molecule has 0 radical (unpaired) electrons. The van der Waals surface area contributed by atoms with Crippen LogP contribution in [0.3, 0.4) is 0 Å². The molecule has 1 atom stereocenters. The lowest BCUT2D eigenvalue weighted by Gasteiger charge is -2.20. The Hall–Kier alpha value is -1.07. The molecular weight excluding hydrogens is 248 g/mol. The van der Waals surface area contributed by atoms with E-state index in [1.54, 1.807) is 26.0 Å². The zero-order valence-corrected chi connectivity index (χ0v) is 12.4. The number of benzene rings is 1. The summed E-state index contributed by atoms with van der Waals surface area (Å²) in [7, 11) is -3.52. The van der Waals surface area contributed by atoms with Gasteiger partial charge in [-0.15, -0.1) is 0 Å². The van der Waals surface area contributed by atoms with Crippen molar-refractivity contribution in [3.63, 3.8) is 0 Å². The van der Waals surface area contributed by atoms with Gasteiger partial charge in [-0.25, -0.2) is 13.1 Å². The number of hydrogen-bond acceptors (Lipinski definition) is 3. The van der Waals surface area contributed by atoms with Gasteiger partial charge in [0.05, 0.1) is 4.90 Å². The fourth-order valence-corrected chi connectivity index (χ4v) is 3.59. The van der Waals surface area contributed by atoms with Gasteiger partial charge >= 0.3 is 0 Å². The van der Waals surface area contributed by atoms with Crippen molar-refractivity contribution in [3.05, 3.63) is 23.3 Å². The molecule has 0 aromatic heterocycles. The fraction of sp³-hybridized carbons (Fsp3) is 0.538. The highest BCUT2D eigenvalue weighted by Crippen LogP contribution is 2.25. The second-order valence-corrected chi connectivity index (χ2v) is 6.73. The molecule has 0 saturated heterocycles. The summed E-state index contributed by atoms with van der Waals surface area (Å²) in [6.45, 7) is 9.33. The normalized spacial score (nSPS) is 13.9. The molecule has 4 nitrogen and oxygen atoms in total. The summed E-state index contributed by atoms with van der Waals surface area (Å²) in [5, 5.41) is 0. The van der Waals surface area contributed by atoms with E-state index in [-0.39, 0.29) is 12.0 Å².